The second kappa shape index (κ2) is 8.49. The topological polar surface area (TPSA) is 105 Å². The Morgan fingerprint density at radius 3 is 2.53 bits per heavy atom. The van der Waals surface area contributed by atoms with Crippen LogP contribution in [0.25, 0.3) is 0 Å². The van der Waals surface area contributed by atoms with Gasteiger partial charge in [-0.05, 0) is 37.3 Å². The number of aryl methyl sites for hydroxylation is 1. The first-order valence-corrected chi connectivity index (χ1v) is 10.7. The molecule has 1 N–H and O–H groups in total. The molecule has 176 valence electrons. The molecule has 0 saturated heterocycles. The predicted octanol–water partition coefficient (Wildman–Crippen LogP) is 3.88. The van der Waals surface area contributed by atoms with E-state index in [0.717, 1.165) is 0 Å². The van der Waals surface area contributed by atoms with Crippen LogP contribution in [0, 0.1) is 6.92 Å². The summed E-state index contributed by atoms with van der Waals surface area (Å²) in [5.74, 6) is 0.630. The molecule has 5 rings (SSSR count). The first-order chi connectivity index (χ1) is 16.4. The molecule has 0 fully saturated rings. The van der Waals surface area contributed by atoms with Crippen LogP contribution >= 0.6 is 11.6 Å². The largest absolute Gasteiger partial charge is 0.493 e. The highest BCUT2D eigenvalue weighted by molar-refractivity contribution is 6.30. The molecule has 0 radical (unpaired) electrons. The number of nitrogens with one attached hydrogen (secondary N) is 1. The van der Waals surface area contributed by atoms with Crippen LogP contribution in [0.4, 0.5) is 5.69 Å². The van der Waals surface area contributed by atoms with Gasteiger partial charge in [-0.25, -0.2) is 4.79 Å². The second-order valence-corrected chi connectivity index (χ2v) is 8.14. The fourth-order valence-electron chi connectivity index (χ4n) is 4.22. The van der Waals surface area contributed by atoms with Gasteiger partial charge in [-0.3, -0.25) is 4.79 Å². The van der Waals surface area contributed by atoms with Crippen molar-refractivity contribution in [2.45, 2.75) is 18.9 Å². The molecular formula is C24H20ClNO8. The zero-order valence-electron chi connectivity index (χ0n) is 18.5. The minimum atomic E-state index is -1.12. The van der Waals surface area contributed by atoms with Gasteiger partial charge >= 0.3 is 5.63 Å². The van der Waals surface area contributed by atoms with Gasteiger partial charge in [0.05, 0.1) is 25.7 Å². The zero-order chi connectivity index (χ0) is 24.0. The number of benzene rings is 2. The summed E-state index contributed by atoms with van der Waals surface area (Å²) in [5.41, 5.74) is 0.558. The molecule has 2 aromatic carbocycles. The van der Waals surface area contributed by atoms with Crippen LogP contribution < -0.4 is 34.6 Å². The number of fused-ring (bicyclic) bond motifs is 2. The number of ether oxygens (including phenoxy) is 5. The highest BCUT2D eigenvalue weighted by atomic mass is 35.5. The summed E-state index contributed by atoms with van der Waals surface area (Å²) in [7, 11) is 2.94. The zero-order valence-corrected chi connectivity index (χ0v) is 19.2. The van der Waals surface area contributed by atoms with Crippen LogP contribution in [0.5, 0.6) is 28.7 Å². The molecule has 0 aliphatic carbocycles. The van der Waals surface area contributed by atoms with E-state index in [2.05, 4.69) is 5.32 Å². The highest BCUT2D eigenvalue weighted by Crippen LogP contribution is 2.54. The van der Waals surface area contributed by atoms with Gasteiger partial charge < -0.3 is 33.4 Å². The van der Waals surface area contributed by atoms with Gasteiger partial charge in [0.15, 0.2) is 17.6 Å². The number of carbonyl (C=O) groups is 1. The van der Waals surface area contributed by atoms with Crippen molar-refractivity contribution in [3.05, 3.63) is 68.7 Å². The molecule has 1 aromatic heterocycles. The molecule has 1 amide bonds. The Hall–Kier alpha value is -3.85. The fraction of sp³-hybridized carbons (Fsp3) is 0.250. The van der Waals surface area contributed by atoms with E-state index in [1.165, 1.54) is 14.2 Å². The number of anilines is 1. The minimum absolute atomic E-state index is 0.0227. The Bertz CT molecular complexity index is 1330. The normalized spacial score (nSPS) is 17.6. The van der Waals surface area contributed by atoms with E-state index in [1.807, 2.05) is 0 Å². The van der Waals surface area contributed by atoms with Crippen molar-refractivity contribution in [1.82, 2.24) is 0 Å². The van der Waals surface area contributed by atoms with Crippen molar-refractivity contribution in [1.29, 1.82) is 0 Å². The van der Waals surface area contributed by atoms with E-state index in [0.29, 0.717) is 45.0 Å². The van der Waals surface area contributed by atoms with Gasteiger partial charge in [0.2, 0.25) is 18.3 Å². The highest BCUT2D eigenvalue weighted by Gasteiger charge is 2.46. The van der Waals surface area contributed by atoms with Crippen molar-refractivity contribution >= 4 is 23.2 Å². The molecule has 2 aliphatic heterocycles. The van der Waals surface area contributed by atoms with Crippen LogP contribution in [-0.2, 0) is 4.79 Å². The monoisotopic (exact) mass is 485 g/mol. The molecule has 0 saturated carbocycles. The maximum atomic E-state index is 13.4. The average molecular weight is 486 g/mol. The van der Waals surface area contributed by atoms with E-state index in [-0.39, 0.29) is 18.1 Å². The third kappa shape index (κ3) is 3.58. The molecule has 0 spiro atoms. The Kier molecular flexibility index (Phi) is 5.49. The molecule has 3 heterocycles. The van der Waals surface area contributed by atoms with E-state index in [9.17, 15) is 9.59 Å². The summed E-state index contributed by atoms with van der Waals surface area (Å²) in [6, 6.07) is 9.87. The quantitative estimate of drug-likeness (QED) is 0.580. The lowest BCUT2D eigenvalue weighted by Crippen LogP contribution is -2.35. The van der Waals surface area contributed by atoms with Gasteiger partial charge in [0.1, 0.15) is 11.5 Å². The van der Waals surface area contributed by atoms with Crippen LogP contribution in [-0.4, -0.2) is 33.0 Å². The molecular weight excluding hydrogens is 466 g/mol. The Morgan fingerprint density at radius 1 is 1.09 bits per heavy atom. The number of rotatable bonds is 5. The number of methoxy groups -OCH3 is 2. The molecule has 3 aromatic rings. The van der Waals surface area contributed by atoms with Gasteiger partial charge in [-0.15, -0.1) is 0 Å². The van der Waals surface area contributed by atoms with Crippen LogP contribution in [0.3, 0.4) is 0 Å². The standard InChI is InChI=1S/C24H20ClNO8/c1-11-8-15-18(24(28)33-11)17(21(34-15)23(27)26-13-6-4-12(25)5-7-13)14-9-16(29-2)20-22(19(14)30-3)32-10-31-20/h4-9,17,21H,10H2,1-3H3,(H,26,27). The summed E-state index contributed by atoms with van der Waals surface area (Å²) >= 11 is 5.95. The van der Waals surface area contributed by atoms with Crippen LogP contribution in [0.2, 0.25) is 5.02 Å². The molecule has 2 unspecified atom stereocenters. The summed E-state index contributed by atoms with van der Waals surface area (Å²) in [6.45, 7) is 1.61. The number of hydrogen-bond donors (Lipinski definition) is 1. The van der Waals surface area contributed by atoms with Crippen molar-refractivity contribution in [2.75, 3.05) is 26.3 Å². The van der Waals surface area contributed by atoms with Gasteiger partial charge in [-0.2, -0.15) is 0 Å². The smallest absolute Gasteiger partial charge is 0.343 e. The van der Waals surface area contributed by atoms with E-state index in [4.69, 9.17) is 39.7 Å². The van der Waals surface area contributed by atoms with E-state index < -0.39 is 23.6 Å². The van der Waals surface area contributed by atoms with E-state index >= 15 is 0 Å². The molecule has 9 nitrogen and oxygen atoms in total. The number of amides is 1. The maximum Gasteiger partial charge on any atom is 0.343 e. The molecule has 34 heavy (non-hydrogen) atoms. The summed E-state index contributed by atoms with van der Waals surface area (Å²) in [5, 5.41) is 3.35. The lowest BCUT2D eigenvalue weighted by atomic mass is 9.87. The number of carbonyl (C=O) groups excluding carboxylic acids is 1. The van der Waals surface area contributed by atoms with Gasteiger partial charge in [-0.1, -0.05) is 11.6 Å². The van der Waals surface area contributed by atoms with Crippen molar-refractivity contribution in [2.24, 2.45) is 0 Å². The molecule has 2 atom stereocenters. The summed E-state index contributed by atoms with van der Waals surface area (Å²) in [6.07, 6.45) is -1.12. The fourth-order valence-corrected chi connectivity index (χ4v) is 4.35. The first kappa shape index (κ1) is 22.0. The van der Waals surface area contributed by atoms with Crippen molar-refractivity contribution in [3.8, 4) is 28.7 Å². The predicted molar refractivity (Wildman–Crippen MR) is 122 cm³/mol. The molecule has 2 aliphatic rings. The van der Waals surface area contributed by atoms with Gasteiger partial charge in [0, 0.05) is 22.3 Å². The average Bonchev–Trinajstić information content (AvgIpc) is 3.44. The minimum Gasteiger partial charge on any atom is -0.493 e. The third-order valence-corrected chi connectivity index (χ3v) is 5.91. The summed E-state index contributed by atoms with van der Waals surface area (Å²) in [4.78, 5) is 26.4. The first-order valence-electron chi connectivity index (χ1n) is 10.3. The SMILES string of the molecule is COc1cc(C2c3c(cc(C)oc3=O)OC2C(=O)Nc2ccc(Cl)cc2)c(OC)c2c1OCO2. The Balaban J connectivity index is 1.65. The Morgan fingerprint density at radius 2 is 1.82 bits per heavy atom. The molecule has 0 bridgehead atoms. The maximum absolute atomic E-state index is 13.4. The van der Waals surface area contributed by atoms with Crippen molar-refractivity contribution in [3.63, 3.8) is 0 Å². The second-order valence-electron chi connectivity index (χ2n) is 7.70. The van der Waals surface area contributed by atoms with Crippen LogP contribution in [0.15, 0.2) is 45.6 Å². The summed E-state index contributed by atoms with van der Waals surface area (Å²) < 4.78 is 33.6. The lowest BCUT2D eigenvalue weighted by molar-refractivity contribution is -0.122. The van der Waals surface area contributed by atoms with Gasteiger partial charge in [0.25, 0.3) is 5.91 Å². The Labute approximate surface area is 199 Å². The molecule has 10 heteroatoms. The number of halogens is 1. The third-order valence-electron chi connectivity index (χ3n) is 5.66. The number of hydrogen-bond acceptors (Lipinski definition) is 8. The van der Waals surface area contributed by atoms with Crippen molar-refractivity contribution < 1.29 is 32.9 Å². The van der Waals surface area contributed by atoms with Crippen LogP contribution in [0.1, 0.15) is 22.8 Å². The lowest BCUT2D eigenvalue weighted by Gasteiger charge is -2.22. The van der Waals surface area contributed by atoms with E-state index in [1.54, 1.807) is 43.3 Å².